The summed E-state index contributed by atoms with van der Waals surface area (Å²) < 4.78 is 4.90. The summed E-state index contributed by atoms with van der Waals surface area (Å²) in [6.45, 7) is 4.93. The average Bonchev–Trinajstić information content (AvgIpc) is 3.03. The fourth-order valence-corrected chi connectivity index (χ4v) is 1.62. The van der Waals surface area contributed by atoms with Crippen molar-refractivity contribution in [2.45, 2.75) is 6.42 Å². The number of hydrogen-bond donors (Lipinski definition) is 1. The fourth-order valence-electron chi connectivity index (χ4n) is 1.62. The van der Waals surface area contributed by atoms with Crippen LogP contribution in [0.15, 0.2) is 12.7 Å². The molecule has 0 aromatic carbocycles. The van der Waals surface area contributed by atoms with Crippen molar-refractivity contribution in [3.8, 4) is 0 Å². The molecule has 1 fully saturated rings. The third-order valence-corrected chi connectivity index (χ3v) is 2.65. The van der Waals surface area contributed by atoms with Crippen LogP contribution >= 0.6 is 0 Å². The minimum Gasteiger partial charge on any atom is -0.481 e. The molecule has 0 aromatic heterocycles. The van der Waals surface area contributed by atoms with Crippen LogP contribution in [0.4, 0.5) is 0 Å². The van der Waals surface area contributed by atoms with Crippen LogP contribution < -0.4 is 0 Å². The minimum atomic E-state index is -0.886. The molecule has 1 N–H and O–H groups in total. The van der Waals surface area contributed by atoms with Crippen molar-refractivity contribution in [2.75, 3.05) is 26.8 Å². The summed E-state index contributed by atoms with van der Waals surface area (Å²) in [6, 6.07) is 0. The van der Waals surface area contributed by atoms with Crippen LogP contribution in [0, 0.1) is 11.8 Å². The van der Waals surface area contributed by atoms with Crippen LogP contribution in [0.3, 0.4) is 0 Å². The number of carbonyl (C=O) groups excluding carboxylic acids is 1. The monoisotopic (exact) mass is 227 g/mol. The van der Waals surface area contributed by atoms with Crippen molar-refractivity contribution in [1.82, 2.24) is 4.90 Å². The molecule has 1 amide bonds. The molecule has 90 valence electrons. The minimum absolute atomic E-state index is 0.107. The first-order valence-electron chi connectivity index (χ1n) is 5.23. The van der Waals surface area contributed by atoms with Crippen LogP contribution in [-0.2, 0) is 14.3 Å². The molecule has 2 atom stereocenters. The molecule has 1 aliphatic rings. The predicted molar refractivity (Wildman–Crippen MR) is 57.9 cm³/mol. The molecule has 0 radical (unpaired) electrons. The third kappa shape index (κ3) is 3.06. The summed E-state index contributed by atoms with van der Waals surface area (Å²) in [5.41, 5.74) is 0. The molecular formula is C11H17NO4. The maximum Gasteiger partial charge on any atom is 0.307 e. The number of amides is 1. The summed E-state index contributed by atoms with van der Waals surface area (Å²) in [4.78, 5) is 24.1. The summed E-state index contributed by atoms with van der Waals surface area (Å²) in [6.07, 6.45) is 2.08. The number of methoxy groups -OCH3 is 1. The van der Waals surface area contributed by atoms with E-state index in [0.29, 0.717) is 26.1 Å². The number of ether oxygens (including phenoxy) is 1. The highest BCUT2D eigenvalue weighted by molar-refractivity contribution is 5.89. The normalized spacial score (nSPS) is 22.6. The molecule has 0 bridgehead atoms. The molecule has 1 saturated carbocycles. The number of carboxylic acid groups (broad SMARTS) is 1. The van der Waals surface area contributed by atoms with Gasteiger partial charge in [0.2, 0.25) is 5.91 Å². The fraction of sp³-hybridized carbons (Fsp3) is 0.636. The zero-order valence-electron chi connectivity index (χ0n) is 9.39. The van der Waals surface area contributed by atoms with Crippen LogP contribution in [0.1, 0.15) is 6.42 Å². The molecule has 5 heteroatoms. The molecule has 0 heterocycles. The Bertz CT molecular complexity index is 290. The van der Waals surface area contributed by atoms with Gasteiger partial charge in [0.05, 0.1) is 18.4 Å². The van der Waals surface area contributed by atoms with Gasteiger partial charge in [0.25, 0.3) is 0 Å². The second-order valence-corrected chi connectivity index (χ2v) is 3.85. The Hall–Kier alpha value is -1.36. The standard InChI is InChI=1S/C11H17NO4/c1-3-4-12(5-6-16-2)10(13)8-7-9(8)11(14)15/h3,8-9H,1,4-7H2,2H3,(H,14,15)/t8-,9+/m1/s1. The molecule has 16 heavy (non-hydrogen) atoms. The maximum atomic E-state index is 11.9. The van der Waals surface area contributed by atoms with E-state index in [0.717, 1.165) is 0 Å². The van der Waals surface area contributed by atoms with Crippen molar-refractivity contribution in [3.05, 3.63) is 12.7 Å². The zero-order valence-corrected chi connectivity index (χ0v) is 9.39. The lowest BCUT2D eigenvalue weighted by atomic mass is 10.2. The molecule has 1 rings (SSSR count). The Morgan fingerprint density at radius 2 is 2.25 bits per heavy atom. The SMILES string of the molecule is C=CCN(CCOC)C(=O)[C@@H]1C[C@@H]1C(=O)O. The van der Waals surface area contributed by atoms with Gasteiger partial charge in [0, 0.05) is 20.2 Å². The maximum absolute atomic E-state index is 11.9. The van der Waals surface area contributed by atoms with Crippen molar-refractivity contribution in [1.29, 1.82) is 0 Å². The summed E-state index contributed by atoms with van der Waals surface area (Å²) >= 11 is 0. The van der Waals surface area contributed by atoms with Crippen molar-refractivity contribution >= 4 is 11.9 Å². The Kier molecular flexibility index (Phi) is 4.49. The first kappa shape index (κ1) is 12.7. The van der Waals surface area contributed by atoms with Gasteiger partial charge >= 0.3 is 5.97 Å². The van der Waals surface area contributed by atoms with E-state index in [1.165, 1.54) is 0 Å². The van der Waals surface area contributed by atoms with E-state index in [4.69, 9.17) is 9.84 Å². The summed E-state index contributed by atoms with van der Waals surface area (Å²) in [5.74, 6) is -1.84. The van der Waals surface area contributed by atoms with E-state index in [9.17, 15) is 9.59 Å². The number of nitrogens with zero attached hydrogens (tertiary/aromatic N) is 1. The molecule has 0 aliphatic heterocycles. The topological polar surface area (TPSA) is 66.8 Å². The van der Waals surface area contributed by atoms with Gasteiger partial charge in [-0.05, 0) is 6.42 Å². The molecule has 5 nitrogen and oxygen atoms in total. The third-order valence-electron chi connectivity index (χ3n) is 2.65. The van der Waals surface area contributed by atoms with E-state index < -0.39 is 11.9 Å². The van der Waals surface area contributed by atoms with E-state index in [1.807, 2.05) is 0 Å². The number of carboxylic acids is 1. The lowest BCUT2D eigenvalue weighted by Crippen LogP contribution is -2.35. The van der Waals surface area contributed by atoms with Gasteiger partial charge in [-0.15, -0.1) is 6.58 Å². The van der Waals surface area contributed by atoms with Crippen LogP contribution in [0.25, 0.3) is 0 Å². The summed E-state index contributed by atoms with van der Waals surface area (Å²) in [5, 5.41) is 8.74. The van der Waals surface area contributed by atoms with E-state index >= 15 is 0 Å². The zero-order chi connectivity index (χ0) is 12.1. The first-order valence-corrected chi connectivity index (χ1v) is 5.23. The highest BCUT2D eigenvalue weighted by Crippen LogP contribution is 2.40. The highest BCUT2D eigenvalue weighted by Gasteiger charge is 2.49. The molecular weight excluding hydrogens is 210 g/mol. The van der Waals surface area contributed by atoms with Gasteiger partial charge < -0.3 is 14.7 Å². The molecule has 0 aromatic rings. The number of carbonyl (C=O) groups is 2. The van der Waals surface area contributed by atoms with Crippen LogP contribution in [0.5, 0.6) is 0 Å². The second kappa shape index (κ2) is 5.65. The Labute approximate surface area is 94.7 Å². The van der Waals surface area contributed by atoms with Gasteiger partial charge in [-0.3, -0.25) is 9.59 Å². The molecule has 0 spiro atoms. The smallest absolute Gasteiger partial charge is 0.307 e. The number of rotatable bonds is 7. The average molecular weight is 227 g/mol. The Morgan fingerprint density at radius 1 is 1.56 bits per heavy atom. The quantitative estimate of drug-likeness (QED) is 0.638. The lowest BCUT2D eigenvalue weighted by molar-refractivity contribution is -0.142. The highest BCUT2D eigenvalue weighted by atomic mass is 16.5. The molecule has 0 unspecified atom stereocenters. The van der Waals surface area contributed by atoms with E-state index in [1.54, 1.807) is 18.1 Å². The number of hydrogen-bond acceptors (Lipinski definition) is 3. The van der Waals surface area contributed by atoms with Gasteiger partial charge in [0.15, 0.2) is 0 Å². The van der Waals surface area contributed by atoms with E-state index in [2.05, 4.69) is 6.58 Å². The van der Waals surface area contributed by atoms with Gasteiger partial charge in [-0.1, -0.05) is 6.08 Å². The lowest BCUT2D eigenvalue weighted by Gasteiger charge is -2.20. The Morgan fingerprint density at radius 3 is 2.69 bits per heavy atom. The van der Waals surface area contributed by atoms with Gasteiger partial charge in [-0.2, -0.15) is 0 Å². The predicted octanol–water partition coefficient (Wildman–Crippen LogP) is 0.368. The molecule has 0 saturated heterocycles. The van der Waals surface area contributed by atoms with Crippen molar-refractivity contribution in [3.63, 3.8) is 0 Å². The van der Waals surface area contributed by atoms with Gasteiger partial charge in [0.1, 0.15) is 0 Å². The number of aliphatic carboxylic acids is 1. The first-order chi connectivity index (χ1) is 7.61. The largest absolute Gasteiger partial charge is 0.481 e. The second-order valence-electron chi connectivity index (χ2n) is 3.85. The van der Waals surface area contributed by atoms with Gasteiger partial charge in [-0.25, -0.2) is 0 Å². The Balaban J connectivity index is 2.48. The molecule has 1 aliphatic carbocycles. The van der Waals surface area contributed by atoms with E-state index in [-0.39, 0.29) is 11.8 Å². The van der Waals surface area contributed by atoms with Crippen LogP contribution in [-0.4, -0.2) is 48.7 Å². The van der Waals surface area contributed by atoms with Crippen LogP contribution in [0.2, 0.25) is 0 Å². The summed E-state index contributed by atoms with van der Waals surface area (Å²) in [7, 11) is 1.56. The van der Waals surface area contributed by atoms with Crippen molar-refractivity contribution in [2.24, 2.45) is 11.8 Å². The van der Waals surface area contributed by atoms with Crippen molar-refractivity contribution < 1.29 is 19.4 Å².